The summed E-state index contributed by atoms with van der Waals surface area (Å²) in [4.78, 5) is 4.66. The first kappa shape index (κ1) is 20.2. The number of halogens is 1. The van der Waals surface area contributed by atoms with Crippen molar-refractivity contribution in [2.24, 2.45) is 5.73 Å². The summed E-state index contributed by atoms with van der Waals surface area (Å²) in [7, 11) is -3.60. The van der Waals surface area contributed by atoms with Gasteiger partial charge in [-0.25, -0.2) is 8.42 Å². The van der Waals surface area contributed by atoms with Gasteiger partial charge in [0.15, 0.2) is 5.82 Å². The van der Waals surface area contributed by atoms with Crippen LogP contribution in [0.15, 0.2) is 27.6 Å². The number of hydrogen-bond acceptors (Lipinski definition) is 7. The molecular weight excluding hydrogens is 392 g/mol. The fourth-order valence-corrected chi connectivity index (χ4v) is 4.92. The van der Waals surface area contributed by atoms with Gasteiger partial charge in [0.25, 0.3) is 5.89 Å². The minimum absolute atomic E-state index is 0. The Morgan fingerprint density at radius 1 is 1.22 bits per heavy atom. The van der Waals surface area contributed by atoms with E-state index in [0.717, 1.165) is 19.3 Å². The Labute approximate surface area is 164 Å². The maximum atomic E-state index is 13.0. The highest BCUT2D eigenvalue weighted by atomic mass is 35.5. The number of nitrogens with zero attached hydrogens (tertiary/aromatic N) is 3. The van der Waals surface area contributed by atoms with Crippen LogP contribution in [0.3, 0.4) is 0 Å². The van der Waals surface area contributed by atoms with Gasteiger partial charge in [-0.15, -0.1) is 12.4 Å². The highest BCUT2D eigenvalue weighted by Crippen LogP contribution is 2.38. The molecule has 0 atom stereocenters. The van der Waals surface area contributed by atoms with E-state index in [9.17, 15) is 8.42 Å². The number of benzene rings is 1. The Hall–Kier alpha value is -1.52. The van der Waals surface area contributed by atoms with E-state index in [2.05, 4.69) is 10.1 Å². The molecule has 0 unspecified atom stereocenters. The van der Waals surface area contributed by atoms with Crippen LogP contribution in [0.4, 0.5) is 0 Å². The standard InChI is InChI=1S/C17H22N4O4S.ClH/c1-12-3-4-13(15-19-16(20-25-15)17(18)5-2-6-17)11-14(12)26(22,23)21-7-9-24-10-8-21;/h3-4,11H,2,5-10,18H2,1H3;1H. The van der Waals surface area contributed by atoms with Gasteiger partial charge in [-0.1, -0.05) is 11.2 Å². The third-order valence-corrected chi connectivity index (χ3v) is 7.18. The monoisotopic (exact) mass is 414 g/mol. The summed E-state index contributed by atoms with van der Waals surface area (Å²) >= 11 is 0. The van der Waals surface area contributed by atoms with Gasteiger partial charge in [-0.05, 0) is 43.9 Å². The SMILES string of the molecule is Cc1ccc(-c2nc(C3(N)CCC3)no2)cc1S(=O)(=O)N1CCOCC1.Cl. The van der Waals surface area contributed by atoms with Gasteiger partial charge >= 0.3 is 0 Å². The number of hydrogen-bond donors (Lipinski definition) is 1. The number of aryl methyl sites for hydroxylation is 1. The van der Waals surface area contributed by atoms with Crippen LogP contribution in [-0.4, -0.2) is 49.2 Å². The summed E-state index contributed by atoms with van der Waals surface area (Å²) in [6.45, 7) is 3.30. The summed E-state index contributed by atoms with van der Waals surface area (Å²) in [5.41, 5.74) is 6.97. The number of morpholine rings is 1. The molecule has 148 valence electrons. The second kappa shape index (κ2) is 7.48. The van der Waals surface area contributed by atoms with E-state index in [1.807, 2.05) is 0 Å². The summed E-state index contributed by atoms with van der Waals surface area (Å²) < 4.78 is 38.0. The molecule has 10 heteroatoms. The van der Waals surface area contributed by atoms with Crippen molar-refractivity contribution in [3.8, 4) is 11.5 Å². The molecule has 1 aromatic heterocycles. The molecule has 0 bridgehead atoms. The lowest BCUT2D eigenvalue weighted by atomic mass is 9.77. The predicted octanol–water partition coefficient (Wildman–Crippen LogP) is 1.83. The Bertz CT molecular complexity index is 921. The van der Waals surface area contributed by atoms with Gasteiger partial charge in [-0.3, -0.25) is 0 Å². The van der Waals surface area contributed by atoms with Crippen molar-refractivity contribution in [1.82, 2.24) is 14.4 Å². The van der Waals surface area contributed by atoms with E-state index in [1.54, 1.807) is 25.1 Å². The van der Waals surface area contributed by atoms with E-state index in [4.69, 9.17) is 15.0 Å². The van der Waals surface area contributed by atoms with Crippen molar-refractivity contribution in [1.29, 1.82) is 0 Å². The molecule has 2 N–H and O–H groups in total. The van der Waals surface area contributed by atoms with Crippen molar-refractivity contribution in [2.45, 2.75) is 36.6 Å². The summed E-state index contributed by atoms with van der Waals surface area (Å²) in [5.74, 6) is 0.770. The molecule has 1 saturated carbocycles. The Morgan fingerprint density at radius 3 is 2.56 bits per heavy atom. The van der Waals surface area contributed by atoms with Crippen LogP contribution >= 0.6 is 12.4 Å². The molecule has 0 amide bonds. The number of rotatable bonds is 4. The van der Waals surface area contributed by atoms with E-state index in [1.165, 1.54) is 4.31 Å². The molecule has 27 heavy (non-hydrogen) atoms. The summed E-state index contributed by atoms with van der Waals surface area (Å²) in [6, 6.07) is 5.14. The maximum Gasteiger partial charge on any atom is 0.258 e. The third-order valence-electron chi connectivity index (χ3n) is 5.14. The fraction of sp³-hybridized carbons (Fsp3) is 0.529. The van der Waals surface area contributed by atoms with Crippen molar-refractivity contribution in [3.63, 3.8) is 0 Å². The molecule has 1 saturated heterocycles. The molecule has 2 heterocycles. The van der Waals surface area contributed by atoms with Gasteiger partial charge in [-0.2, -0.15) is 9.29 Å². The first-order valence-corrected chi connectivity index (χ1v) is 10.2. The summed E-state index contributed by atoms with van der Waals surface area (Å²) in [6.07, 6.45) is 2.71. The second-order valence-corrected chi connectivity index (χ2v) is 8.84. The van der Waals surface area contributed by atoms with Crippen molar-refractivity contribution in [2.75, 3.05) is 26.3 Å². The summed E-state index contributed by atoms with van der Waals surface area (Å²) in [5, 5.41) is 4.00. The van der Waals surface area contributed by atoms with Crippen LogP contribution in [0.2, 0.25) is 0 Å². The van der Waals surface area contributed by atoms with Gasteiger partial charge in [0.1, 0.15) is 0 Å². The van der Waals surface area contributed by atoms with E-state index >= 15 is 0 Å². The smallest absolute Gasteiger partial charge is 0.258 e. The number of aromatic nitrogens is 2. The lowest BCUT2D eigenvalue weighted by molar-refractivity contribution is 0.0730. The normalized spacial score (nSPS) is 19.9. The fourth-order valence-electron chi connectivity index (χ4n) is 3.26. The lowest BCUT2D eigenvalue weighted by Gasteiger charge is -2.34. The zero-order valence-electron chi connectivity index (χ0n) is 15.1. The van der Waals surface area contributed by atoms with Gasteiger partial charge < -0.3 is 15.0 Å². The number of ether oxygens (including phenoxy) is 1. The van der Waals surface area contributed by atoms with Crippen LogP contribution in [0.1, 0.15) is 30.7 Å². The largest absolute Gasteiger partial charge is 0.379 e. The van der Waals surface area contributed by atoms with Crippen molar-refractivity contribution < 1.29 is 17.7 Å². The first-order chi connectivity index (χ1) is 12.4. The van der Waals surface area contributed by atoms with E-state index in [0.29, 0.717) is 43.3 Å². The van der Waals surface area contributed by atoms with E-state index in [-0.39, 0.29) is 23.2 Å². The Balaban J connectivity index is 0.00000210. The van der Waals surface area contributed by atoms with Crippen LogP contribution in [0, 0.1) is 6.92 Å². The number of sulfonamides is 1. The Kier molecular flexibility index (Phi) is 5.60. The molecule has 4 rings (SSSR count). The topological polar surface area (TPSA) is 112 Å². The average molecular weight is 415 g/mol. The highest BCUT2D eigenvalue weighted by Gasteiger charge is 2.39. The van der Waals surface area contributed by atoms with Gasteiger partial charge in [0, 0.05) is 18.7 Å². The minimum atomic E-state index is -3.60. The molecule has 8 nitrogen and oxygen atoms in total. The highest BCUT2D eigenvalue weighted by molar-refractivity contribution is 7.89. The molecule has 0 spiro atoms. The number of nitrogens with two attached hydrogens (primary N) is 1. The molecule has 1 aliphatic heterocycles. The molecule has 2 fully saturated rings. The molecule has 1 aliphatic carbocycles. The molecule has 0 radical (unpaired) electrons. The van der Waals surface area contributed by atoms with Gasteiger partial charge in [0.05, 0.1) is 23.6 Å². The van der Waals surface area contributed by atoms with Crippen LogP contribution in [0.5, 0.6) is 0 Å². The van der Waals surface area contributed by atoms with Crippen molar-refractivity contribution >= 4 is 22.4 Å². The molecule has 2 aromatic rings. The average Bonchev–Trinajstić information content (AvgIpc) is 3.11. The first-order valence-electron chi connectivity index (χ1n) is 8.72. The molecule has 2 aliphatic rings. The van der Waals surface area contributed by atoms with E-state index < -0.39 is 15.6 Å². The predicted molar refractivity (Wildman–Crippen MR) is 101 cm³/mol. The Morgan fingerprint density at radius 2 is 1.93 bits per heavy atom. The molecule has 1 aromatic carbocycles. The van der Waals surface area contributed by atoms with Crippen molar-refractivity contribution in [3.05, 3.63) is 29.6 Å². The van der Waals surface area contributed by atoms with Crippen LogP contribution in [-0.2, 0) is 20.3 Å². The minimum Gasteiger partial charge on any atom is -0.379 e. The molecular formula is C17H23ClN4O4S. The van der Waals surface area contributed by atoms with Crippen LogP contribution in [0.25, 0.3) is 11.5 Å². The second-order valence-electron chi connectivity index (χ2n) is 6.93. The lowest BCUT2D eigenvalue weighted by Crippen LogP contribution is -2.44. The zero-order valence-corrected chi connectivity index (χ0v) is 16.7. The maximum absolute atomic E-state index is 13.0. The quantitative estimate of drug-likeness (QED) is 0.811. The van der Waals surface area contributed by atoms with Gasteiger partial charge in [0.2, 0.25) is 10.0 Å². The third kappa shape index (κ3) is 3.62. The zero-order chi connectivity index (χ0) is 18.4. The van der Waals surface area contributed by atoms with Crippen LogP contribution < -0.4 is 5.73 Å².